The molecule has 1 heterocycles. The van der Waals surface area contributed by atoms with Crippen LogP contribution in [0, 0.1) is 6.92 Å². The quantitative estimate of drug-likeness (QED) is 0.720. The van der Waals surface area contributed by atoms with Crippen LogP contribution in [0.25, 0.3) is 10.9 Å². The molecule has 0 bridgehead atoms. The van der Waals surface area contributed by atoms with Crippen molar-refractivity contribution in [3.63, 3.8) is 0 Å². The fourth-order valence-electron chi connectivity index (χ4n) is 2.12. The highest BCUT2D eigenvalue weighted by atomic mass is 35.5. The number of aromatic amines is 1. The number of hydrogen-bond acceptors (Lipinski definition) is 1. The molecule has 0 atom stereocenters. The van der Waals surface area contributed by atoms with Gasteiger partial charge in [-0.25, -0.2) is 0 Å². The van der Waals surface area contributed by atoms with Gasteiger partial charge in [-0.05, 0) is 37.3 Å². The number of halogens is 1. The van der Waals surface area contributed by atoms with E-state index in [9.17, 15) is 4.79 Å². The molecule has 0 aliphatic carbocycles. The standard InChI is InChI=1S/C16H13ClN2O/c1-10-2-5-12(6-3-10)19-16(20)14-9-18-15-7-4-11(17)8-13(14)15/h2-9,18H,1H3,(H,19,20). The third kappa shape index (κ3) is 2.40. The monoisotopic (exact) mass is 284 g/mol. The number of aryl methyl sites for hydroxylation is 1. The maximum atomic E-state index is 12.3. The summed E-state index contributed by atoms with van der Waals surface area (Å²) in [7, 11) is 0. The molecule has 1 amide bonds. The van der Waals surface area contributed by atoms with Crippen LogP contribution < -0.4 is 5.32 Å². The van der Waals surface area contributed by atoms with Gasteiger partial charge in [-0.1, -0.05) is 29.3 Å². The first-order chi connectivity index (χ1) is 9.63. The average Bonchev–Trinajstić information content (AvgIpc) is 2.84. The van der Waals surface area contributed by atoms with Gasteiger partial charge in [0.1, 0.15) is 0 Å². The zero-order valence-corrected chi connectivity index (χ0v) is 11.7. The third-order valence-corrected chi connectivity index (χ3v) is 3.43. The summed E-state index contributed by atoms with van der Waals surface area (Å²) in [6, 6.07) is 13.1. The minimum atomic E-state index is -0.151. The molecule has 0 aliphatic heterocycles. The Balaban J connectivity index is 1.92. The number of benzene rings is 2. The number of hydrogen-bond donors (Lipinski definition) is 2. The van der Waals surface area contributed by atoms with Crippen molar-refractivity contribution in [3.05, 3.63) is 64.8 Å². The maximum absolute atomic E-state index is 12.3. The number of anilines is 1. The minimum absolute atomic E-state index is 0.151. The molecular formula is C16H13ClN2O. The molecule has 0 fully saturated rings. The summed E-state index contributed by atoms with van der Waals surface area (Å²) in [5.41, 5.74) is 3.41. The Morgan fingerprint density at radius 2 is 1.90 bits per heavy atom. The smallest absolute Gasteiger partial charge is 0.257 e. The Kier molecular flexibility index (Phi) is 3.20. The lowest BCUT2D eigenvalue weighted by Crippen LogP contribution is -2.11. The molecule has 3 nitrogen and oxygen atoms in total. The summed E-state index contributed by atoms with van der Waals surface area (Å²) in [6.07, 6.45) is 1.70. The molecule has 20 heavy (non-hydrogen) atoms. The second-order valence-electron chi connectivity index (χ2n) is 4.71. The lowest BCUT2D eigenvalue weighted by Gasteiger charge is -2.04. The van der Waals surface area contributed by atoms with E-state index in [0.717, 1.165) is 22.2 Å². The molecule has 3 rings (SSSR count). The molecule has 100 valence electrons. The van der Waals surface area contributed by atoms with Gasteiger partial charge < -0.3 is 10.3 Å². The number of aromatic nitrogens is 1. The highest BCUT2D eigenvalue weighted by Crippen LogP contribution is 2.23. The molecule has 1 aromatic heterocycles. The van der Waals surface area contributed by atoms with Gasteiger partial charge in [0.2, 0.25) is 0 Å². The van der Waals surface area contributed by atoms with Gasteiger partial charge in [-0.2, -0.15) is 0 Å². The lowest BCUT2D eigenvalue weighted by molar-refractivity contribution is 0.102. The Hall–Kier alpha value is -2.26. The highest BCUT2D eigenvalue weighted by molar-refractivity contribution is 6.31. The summed E-state index contributed by atoms with van der Waals surface area (Å²) < 4.78 is 0. The Labute approximate surface area is 121 Å². The van der Waals surface area contributed by atoms with Gasteiger partial charge in [0.25, 0.3) is 5.91 Å². The van der Waals surface area contributed by atoms with Gasteiger partial charge in [0.15, 0.2) is 0 Å². The Bertz CT molecular complexity index is 775. The summed E-state index contributed by atoms with van der Waals surface area (Å²) >= 11 is 5.98. The van der Waals surface area contributed by atoms with Crippen LogP contribution in [-0.2, 0) is 0 Å². The molecule has 0 unspecified atom stereocenters. The van der Waals surface area contributed by atoms with Gasteiger partial charge >= 0.3 is 0 Å². The van der Waals surface area contributed by atoms with Gasteiger partial charge in [0, 0.05) is 27.8 Å². The maximum Gasteiger partial charge on any atom is 0.257 e. The van der Waals surface area contributed by atoms with E-state index in [4.69, 9.17) is 11.6 Å². The van der Waals surface area contributed by atoms with Crippen molar-refractivity contribution in [1.82, 2.24) is 4.98 Å². The van der Waals surface area contributed by atoms with Crippen molar-refractivity contribution < 1.29 is 4.79 Å². The van der Waals surface area contributed by atoms with Crippen LogP contribution in [-0.4, -0.2) is 10.9 Å². The van der Waals surface area contributed by atoms with Crippen LogP contribution in [0.1, 0.15) is 15.9 Å². The van der Waals surface area contributed by atoms with Crippen LogP contribution in [0.15, 0.2) is 48.7 Å². The Morgan fingerprint density at radius 3 is 2.65 bits per heavy atom. The molecule has 4 heteroatoms. The van der Waals surface area contributed by atoms with E-state index in [1.807, 2.05) is 37.3 Å². The van der Waals surface area contributed by atoms with Crippen molar-refractivity contribution in [2.45, 2.75) is 6.92 Å². The first-order valence-corrected chi connectivity index (χ1v) is 6.66. The van der Waals surface area contributed by atoms with E-state index >= 15 is 0 Å². The van der Waals surface area contributed by atoms with E-state index < -0.39 is 0 Å². The highest BCUT2D eigenvalue weighted by Gasteiger charge is 2.12. The molecule has 2 N–H and O–H groups in total. The van der Waals surface area contributed by atoms with Gasteiger partial charge in [-0.15, -0.1) is 0 Å². The minimum Gasteiger partial charge on any atom is -0.360 e. The molecule has 0 spiro atoms. The van der Waals surface area contributed by atoms with Crippen molar-refractivity contribution >= 4 is 34.1 Å². The lowest BCUT2D eigenvalue weighted by atomic mass is 10.1. The number of H-pyrrole nitrogens is 1. The van der Waals surface area contributed by atoms with E-state index in [0.29, 0.717) is 10.6 Å². The fourth-order valence-corrected chi connectivity index (χ4v) is 2.29. The molecular weight excluding hydrogens is 272 g/mol. The SMILES string of the molecule is Cc1ccc(NC(=O)c2c[nH]c3ccc(Cl)cc23)cc1. The van der Waals surface area contributed by atoms with Crippen LogP contribution >= 0.6 is 11.6 Å². The summed E-state index contributed by atoms with van der Waals surface area (Å²) in [6.45, 7) is 2.01. The first-order valence-electron chi connectivity index (χ1n) is 6.28. The zero-order chi connectivity index (χ0) is 14.1. The van der Waals surface area contributed by atoms with Gasteiger partial charge in [-0.3, -0.25) is 4.79 Å². The van der Waals surface area contributed by atoms with Crippen LogP contribution in [0.3, 0.4) is 0 Å². The fraction of sp³-hybridized carbons (Fsp3) is 0.0625. The number of rotatable bonds is 2. The summed E-state index contributed by atoms with van der Waals surface area (Å²) in [5, 5.41) is 4.32. The molecule has 0 saturated heterocycles. The van der Waals surface area contributed by atoms with Gasteiger partial charge in [0.05, 0.1) is 5.56 Å². The van der Waals surface area contributed by atoms with Crippen LogP contribution in [0.4, 0.5) is 5.69 Å². The second-order valence-corrected chi connectivity index (χ2v) is 5.15. The van der Waals surface area contributed by atoms with Crippen LogP contribution in [0.5, 0.6) is 0 Å². The van der Waals surface area contributed by atoms with Crippen molar-refractivity contribution in [1.29, 1.82) is 0 Å². The first kappa shape index (κ1) is 12.8. The topological polar surface area (TPSA) is 44.9 Å². The third-order valence-electron chi connectivity index (χ3n) is 3.20. The van der Waals surface area contributed by atoms with Crippen LogP contribution in [0.2, 0.25) is 5.02 Å². The van der Waals surface area contributed by atoms with Crippen molar-refractivity contribution in [2.75, 3.05) is 5.32 Å². The molecule has 2 aromatic carbocycles. The zero-order valence-electron chi connectivity index (χ0n) is 10.9. The summed E-state index contributed by atoms with van der Waals surface area (Å²) in [4.78, 5) is 15.4. The number of carbonyl (C=O) groups excluding carboxylic acids is 1. The second kappa shape index (κ2) is 5.02. The molecule has 0 aliphatic rings. The number of carbonyl (C=O) groups is 1. The van der Waals surface area contributed by atoms with E-state index in [1.54, 1.807) is 18.3 Å². The average molecular weight is 285 g/mol. The number of nitrogens with one attached hydrogen (secondary N) is 2. The largest absolute Gasteiger partial charge is 0.360 e. The van der Waals surface area contributed by atoms with Crippen molar-refractivity contribution in [2.24, 2.45) is 0 Å². The van der Waals surface area contributed by atoms with E-state index in [-0.39, 0.29) is 5.91 Å². The predicted molar refractivity (Wildman–Crippen MR) is 82.4 cm³/mol. The molecule has 0 saturated carbocycles. The molecule has 0 radical (unpaired) electrons. The molecule has 3 aromatic rings. The van der Waals surface area contributed by atoms with Crippen molar-refractivity contribution in [3.8, 4) is 0 Å². The van der Waals surface area contributed by atoms with E-state index in [1.165, 1.54) is 0 Å². The normalized spacial score (nSPS) is 10.7. The summed E-state index contributed by atoms with van der Waals surface area (Å²) in [5.74, 6) is -0.151. The Morgan fingerprint density at radius 1 is 1.15 bits per heavy atom. The number of amides is 1. The predicted octanol–water partition coefficient (Wildman–Crippen LogP) is 4.38. The van der Waals surface area contributed by atoms with E-state index in [2.05, 4.69) is 10.3 Å². The number of fused-ring (bicyclic) bond motifs is 1.